The molecule has 0 fully saturated rings. The van der Waals surface area contributed by atoms with Crippen LogP contribution in [0.2, 0.25) is 0 Å². The molecule has 0 aliphatic carbocycles. The second-order valence-corrected chi connectivity index (χ2v) is 4.28. The van der Waals surface area contributed by atoms with Crippen LogP contribution in [0, 0.1) is 17.0 Å². The van der Waals surface area contributed by atoms with Crippen LogP contribution in [0.25, 0.3) is 0 Å². The van der Waals surface area contributed by atoms with Gasteiger partial charge in [-0.15, -0.1) is 0 Å². The zero-order valence-corrected chi connectivity index (χ0v) is 11.9. The Kier molecular flexibility index (Phi) is 4.52. The lowest BCUT2D eigenvalue weighted by molar-refractivity contribution is -0.385. The molecule has 114 valence electrons. The molecule has 0 radical (unpaired) electrons. The van der Waals surface area contributed by atoms with E-state index in [0.29, 0.717) is 16.9 Å². The molecular weight excluding hydrogens is 290 g/mol. The molecule has 1 heterocycles. The highest BCUT2D eigenvalue weighted by Gasteiger charge is 2.14. The van der Waals surface area contributed by atoms with E-state index in [9.17, 15) is 14.9 Å². The smallest absolute Gasteiger partial charge is 0.311 e. The fourth-order valence-electron chi connectivity index (χ4n) is 1.78. The average Bonchev–Trinajstić information content (AvgIpc) is 2.93. The SMILES string of the molecule is COc1ccc(C=NNC(=O)c2ccoc2C)cc1[N+](=O)[O-]. The van der Waals surface area contributed by atoms with E-state index < -0.39 is 10.8 Å². The first kappa shape index (κ1) is 15.2. The van der Waals surface area contributed by atoms with Gasteiger partial charge in [-0.3, -0.25) is 14.9 Å². The van der Waals surface area contributed by atoms with Crippen molar-refractivity contribution in [3.05, 3.63) is 57.5 Å². The maximum absolute atomic E-state index is 11.8. The molecule has 0 atom stereocenters. The third-order valence-corrected chi connectivity index (χ3v) is 2.88. The molecule has 0 aliphatic rings. The molecule has 2 rings (SSSR count). The van der Waals surface area contributed by atoms with Crippen molar-refractivity contribution in [2.75, 3.05) is 7.11 Å². The Balaban J connectivity index is 2.10. The molecule has 1 N–H and O–H groups in total. The number of aryl methyl sites for hydroxylation is 1. The summed E-state index contributed by atoms with van der Waals surface area (Å²) in [5, 5.41) is 14.7. The van der Waals surface area contributed by atoms with Crippen LogP contribution < -0.4 is 10.2 Å². The molecule has 0 aliphatic heterocycles. The van der Waals surface area contributed by atoms with Crippen molar-refractivity contribution in [2.24, 2.45) is 5.10 Å². The van der Waals surface area contributed by atoms with Crippen molar-refractivity contribution >= 4 is 17.8 Å². The summed E-state index contributed by atoms with van der Waals surface area (Å²) in [6.45, 7) is 1.66. The summed E-state index contributed by atoms with van der Waals surface area (Å²) in [6.07, 6.45) is 2.71. The van der Waals surface area contributed by atoms with Gasteiger partial charge >= 0.3 is 5.69 Å². The molecule has 0 saturated carbocycles. The highest BCUT2D eigenvalue weighted by atomic mass is 16.6. The number of carbonyl (C=O) groups excluding carboxylic acids is 1. The number of hydrogen-bond acceptors (Lipinski definition) is 6. The summed E-state index contributed by atoms with van der Waals surface area (Å²) in [4.78, 5) is 22.1. The zero-order chi connectivity index (χ0) is 16.1. The number of hydrazone groups is 1. The van der Waals surface area contributed by atoms with Crippen LogP contribution in [0.15, 0.2) is 40.0 Å². The van der Waals surface area contributed by atoms with Crippen molar-refractivity contribution in [1.29, 1.82) is 0 Å². The fraction of sp³-hybridized carbons (Fsp3) is 0.143. The number of nitrogens with zero attached hydrogens (tertiary/aromatic N) is 2. The van der Waals surface area contributed by atoms with Gasteiger partial charge in [0.1, 0.15) is 5.76 Å². The average molecular weight is 303 g/mol. The topological polar surface area (TPSA) is 107 Å². The lowest BCUT2D eigenvalue weighted by atomic mass is 10.2. The minimum atomic E-state index is -0.552. The van der Waals surface area contributed by atoms with Crippen molar-refractivity contribution in [3.63, 3.8) is 0 Å². The predicted molar refractivity (Wildman–Crippen MR) is 78.2 cm³/mol. The van der Waals surface area contributed by atoms with Crippen LogP contribution in [0.5, 0.6) is 5.75 Å². The van der Waals surface area contributed by atoms with Crippen LogP contribution in [0.1, 0.15) is 21.7 Å². The number of nitro groups is 1. The summed E-state index contributed by atoms with van der Waals surface area (Å²) < 4.78 is 9.92. The zero-order valence-electron chi connectivity index (χ0n) is 11.9. The number of furan rings is 1. The fourth-order valence-corrected chi connectivity index (χ4v) is 1.78. The van der Waals surface area contributed by atoms with E-state index in [1.54, 1.807) is 13.0 Å². The molecule has 1 aromatic heterocycles. The lowest BCUT2D eigenvalue weighted by Gasteiger charge is -2.02. The van der Waals surface area contributed by atoms with Gasteiger partial charge < -0.3 is 9.15 Å². The van der Waals surface area contributed by atoms with Crippen molar-refractivity contribution < 1.29 is 18.9 Å². The van der Waals surface area contributed by atoms with Crippen LogP contribution in [0.4, 0.5) is 5.69 Å². The van der Waals surface area contributed by atoms with E-state index in [0.717, 1.165) is 0 Å². The Labute approximate surface area is 125 Å². The van der Waals surface area contributed by atoms with Gasteiger partial charge in [0, 0.05) is 11.6 Å². The highest BCUT2D eigenvalue weighted by molar-refractivity contribution is 5.95. The van der Waals surface area contributed by atoms with E-state index in [-0.39, 0.29) is 11.4 Å². The maximum atomic E-state index is 11.8. The molecular formula is C14H13N3O5. The standard InChI is InChI=1S/C14H13N3O5/c1-9-11(5-6-22-9)14(18)16-15-8-10-3-4-13(21-2)12(7-10)17(19)20/h3-8H,1-2H3,(H,16,18). The van der Waals surface area contributed by atoms with Crippen molar-refractivity contribution in [2.45, 2.75) is 6.92 Å². The molecule has 0 saturated heterocycles. The molecule has 8 heteroatoms. The number of rotatable bonds is 5. The van der Waals surface area contributed by atoms with E-state index in [1.807, 2.05) is 0 Å². The van der Waals surface area contributed by atoms with Gasteiger partial charge in [0.05, 0.1) is 30.1 Å². The molecule has 1 amide bonds. The Morgan fingerprint density at radius 3 is 2.82 bits per heavy atom. The summed E-state index contributed by atoms with van der Waals surface area (Å²) in [5.41, 5.74) is 2.97. The summed E-state index contributed by atoms with van der Waals surface area (Å²) >= 11 is 0. The molecule has 0 bridgehead atoms. The normalized spacial score (nSPS) is 10.6. The Bertz CT molecular complexity index is 736. The minimum Gasteiger partial charge on any atom is -0.490 e. The quantitative estimate of drug-likeness (QED) is 0.518. The predicted octanol–water partition coefficient (Wildman–Crippen LogP) is 2.27. The third-order valence-electron chi connectivity index (χ3n) is 2.88. The van der Waals surface area contributed by atoms with Crippen molar-refractivity contribution in [1.82, 2.24) is 5.43 Å². The first-order chi connectivity index (χ1) is 10.5. The van der Waals surface area contributed by atoms with Gasteiger partial charge in [-0.05, 0) is 25.1 Å². The van der Waals surface area contributed by atoms with Crippen LogP contribution in [0.3, 0.4) is 0 Å². The van der Waals surface area contributed by atoms with Gasteiger partial charge in [-0.2, -0.15) is 5.10 Å². The van der Waals surface area contributed by atoms with E-state index in [4.69, 9.17) is 9.15 Å². The Morgan fingerprint density at radius 2 is 2.23 bits per heavy atom. The summed E-state index contributed by atoms with van der Waals surface area (Å²) in [7, 11) is 1.35. The highest BCUT2D eigenvalue weighted by Crippen LogP contribution is 2.26. The first-order valence-corrected chi connectivity index (χ1v) is 6.23. The number of amides is 1. The molecule has 0 unspecified atom stereocenters. The summed E-state index contributed by atoms with van der Waals surface area (Å²) in [6, 6.07) is 5.88. The molecule has 0 spiro atoms. The number of nitro benzene ring substituents is 1. The van der Waals surface area contributed by atoms with E-state index in [1.165, 1.54) is 37.8 Å². The van der Waals surface area contributed by atoms with Crippen LogP contribution >= 0.6 is 0 Å². The number of nitrogens with one attached hydrogen (secondary N) is 1. The number of benzene rings is 1. The molecule has 8 nitrogen and oxygen atoms in total. The largest absolute Gasteiger partial charge is 0.490 e. The second kappa shape index (κ2) is 6.53. The second-order valence-electron chi connectivity index (χ2n) is 4.28. The number of hydrogen-bond donors (Lipinski definition) is 1. The van der Waals surface area contributed by atoms with Crippen LogP contribution in [-0.2, 0) is 0 Å². The van der Waals surface area contributed by atoms with Crippen LogP contribution in [-0.4, -0.2) is 24.2 Å². The van der Waals surface area contributed by atoms with Gasteiger partial charge in [-0.25, -0.2) is 5.43 Å². The number of methoxy groups -OCH3 is 1. The van der Waals surface area contributed by atoms with Gasteiger partial charge in [0.2, 0.25) is 0 Å². The lowest BCUT2D eigenvalue weighted by Crippen LogP contribution is -2.17. The van der Waals surface area contributed by atoms with Gasteiger partial charge in [-0.1, -0.05) is 0 Å². The Hall–Kier alpha value is -3.16. The summed E-state index contributed by atoms with van der Waals surface area (Å²) in [5.74, 6) is 0.207. The van der Waals surface area contributed by atoms with Crippen molar-refractivity contribution in [3.8, 4) is 5.75 Å². The number of carbonyl (C=O) groups is 1. The van der Waals surface area contributed by atoms with Gasteiger partial charge in [0.25, 0.3) is 5.91 Å². The first-order valence-electron chi connectivity index (χ1n) is 6.23. The van der Waals surface area contributed by atoms with E-state index >= 15 is 0 Å². The van der Waals surface area contributed by atoms with Gasteiger partial charge in [0.15, 0.2) is 5.75 Å². The number of ether oxygens (including phenoxy) is 1. The minimum absolute atomic E-state index is 0.153. The maximum Gasteiger partial charge on any atom is 0.311 e. The monoisotopic (exact) mass is 303 g/mol. The molecule has 2 aromatic rings. The Morgan fingerprint density at radius 1 is 1.45 bits per heavy atom. The van der Waals surface area contributed by atoms with E-state index in [2.05, 4.69) is 10.5 Å². The molecule has 22 heavy (non-hydrogen) atoms. The molecule has 1 aromatic carbocycles. The third kappa shape index (κ3) is 3.29.